The van der Waals surface area contributed by atoms with E-state index in [2.05, 4.69) is 4.98 Å². The van der Waals surface area contributed by atoms with Crippen molar-refractivity contribution in [3.05, 3.63) is 29.6 Å². The highest BCUT2D eigenvalue weighted by molar-refractivity contribution is 6.05. The number of rotatable bonds is 10. The monoisotopic (exact) mass is 337 g/mol. The van der Waals surface area contributed by atoms with Crippen molar-refractivity contribution in [1.82, 2.24) is 14.8 Å². The Kier molecular flexibility index (Phi) is 8.87. The molecule has 1 rings (SSSR count). The minimum absolute atomic E-state index is 0.0865. The molecule has 0 saturated carbocycles. The maximum absolute atomic E-state index is 12.7. The molecule has 0 atom stereocenters. The Morgan fingerprint density at radius 1 is 0.833 bits per heavy atom. The number of hydrogen-bond acceptors (Lipinski definition) is 7. The summed E-state index contributed by atoms with van der Waals surface area (Å²) in [7, 11) is 0. The zero-order chi connectivity index (χ0) is 17.9. The second-order valence-corrected chi connectivity index (χ2v) is 5.14. The third-order valence-corrected chi connectivity index (χ3v) is 3.41. The molecule has 0 aromatic carbocycles. The molecule has 9 heteroatoms. The highest BCUT2D eigenvalue weighted by Crippen LogP contribution is 2.12. The Balaban J connectivity index is 3.13. The van der Waals surface area contributed by atoms with Gasteiger partial charge >= 0.3 is 0 Å². The summed E-state index contributed by atoms with van der Waals surface area (Å²) in [5.41, 5.74) is 22.5. The molecule has 0 spiro atoms. The maximum atomic E-state index is 12.7. The molecule has 2 amide bonds. The Labute approximate surface area is 142 Å². The molecule has 1 aromatic heterocycles. The number of nitrogens with zero attached hydrogens (tertiary/aromatic N) is 3. The third-order valence-electron chi connectivity index (χ3n) is 3.41. The van der Waals surface area contributed by atoms with Gasteiger partial charge in [0.05, 0.1) is 5.56 Å². The number of nitrogens with two attached hydrogens (primary N) is 4. The van der Waals surface area contributed by atoms with Gasteiger partial charge in [-0.15, -0.1) is 0 Å². The quantitative estimate of drug-likeness (QED) is 0.377. The summed E-state index contributed by atoms with van der Waals surface area (Å²) in [4.78, 5) is 32.6. The first kappa shape index (κ1) is 20.0. The maximum Gasteiger partial charge on any atom is 0.273 e. The van der Waals surface area contributed by atoms with Crippen LogP contribution in [0, 0.1) is 0 Å². The Morgan fingerprint density at radius 2 is 1.29 bits per heavy atom. The third kappa shape index (κ3) is 5.24. The van der Waals surface area contributed by atoms with E-state index in [1.165, 1.54) is 16.0 Å². The van der Waals surface area contributed by atoms with Crippen LogP contribution in [0.3, 0.4) is 0 Å². The second-order valence-electron chi connectivity index (χ2n) is 5.14. The van der Waals surface area contributed by atoms with Gasteiger partial charge in [0.15, 0.2) is 0 Å². The molecule has 0 aliphatic carbocycles. The summed E-state index contributed by atoms with van der Waals surface area (Å²) in [6.45, 7) is 2.61. The van der Waals surface area contributed by atoms with Gasteiger partial charge in [-0.25, -0.2) is 0 Å². The number of aromatic nitrogens is 1. The predicted molar refractivity (Wildman–Crippen MR) is 92.3 cm³/mol. The normalized spacial score (nSPS) is 10.5. The fourth-order valence-corrected chi connectivity index (χ4v) is 2.32. The van der Waals surface area contributed by atoms with Gasteiger partial charge in [0, 0.05) is 58.6 Å². The van der Waals surface area contributed by atoms with Gasteiger partial charge in [-0.3, -0.25) is 14.6 Å². The van der Waals surface area contributed by atoms with Crippen molar-refractivity contribution in [3.8, 4) is 0 Å². The van der Waals surface area contributed by atoms with Crippen LogP contribution in [0.15, 0.2) is 18.3 Å². The predicted octanol–water partition coefficient (Wildman–Crippen LogP) is -2.20. The molecule has 0 aliphatic rings. The minimum Gasteiger partial charge on any atom is -0.336 e. The molecular formula is C15H27N7O2. The Morgan fingerprint density at radius 3 is 1.75 bits per heavy atom. The van der Waals surface area contributed by atoms with E-state index in [4.69, 9.17) is 22.9 Å². The summed E-state index contributed by atoms with van der Waals surface area (Å²) in [6.07, 6.45) is 1.48. The molecule has 0 saturated heterocycles. The molecule has 8 N–H and O–H groups in total. The first-order chi connectivity index (χ1) is 11.6. The number of hydrogen-bond donors (Lipinski definition) is 4. The molecular weight excluding hydrogens is 310 g/mol. The van der Waals surface area contributed by atoms with Crippen LogP contribution in [0.2, 0.25) is 0 Å². The average Bonchev–Trinajstić information content (AvgIpc) is 2.60. The average molecular weight is 337 g/mol. The fourth-order valence-electron chi connectivity index (χ4n) is 2.32. The Hall–Kier alpha value is -2.07. The smallest absolute Gasteiger partial charge is 0.273 e. The van der Waals surface area contributed by atoms with Crippen molar-refractivity contribution >= 4 is 11.8 Å². The van der Waals surface area contributed by atoms with E-state index in [-0.39, 0.29) is 23.1 Å². The van der Waals surface area contributed by atoms with Crippen LogP contribution in [0.1, 0.15) is 20.8 Å². The van der Waals surface area contributed by atoms with E-state index in [0.717, 1.165) is 0 Å². The van der Waals surface area contributed by atoms with E-state index in [1.807, 2.05) is 0 Å². The zero-order valence-corrected chi connectivity index (χ0v) is 13.9. The molecule has 0 unspecified atom stereocenters. The van der Waals surface area contributed by atoms with Crippen molar-refractivity contribution in [3.63, 3.8) is 0 Å². The number of pyridine rings is 1. The summed E-state index contributed by atoms with van der Waals surface area (Å²) in [5, 5.41) is 0. The summed E-state index contributed by atoms with van der Waals surface area (Å²) in [5.74, 6) is -0.682. The molecule has 0 bridgehead atoms. The van der Waals surface area contributed by atoms with Crippen LogP contribution in [0.25, 0.3) is 0 Å². The largest absolute Gasteiger partial charge is 0.336 e. The van der Waals surface area contributed by atoms with Gasteiger partial charge in [-0.05, 0) is 12.1 Å². The molecule has 24 heavy (non-hydrogen) atoms. The van der Waals surface area contributed by atoms with E-state index in [9.17, 15) is 9.59 Å². The van der Waals surface area contributed by atoms with Gasteiger partial charge < -0.3 is 32.7 Å². The molecule has 0 radical (unpaired) electrons. The van der Waals surface area contributed by atoms with Gasteiger partial charge in [0.25, 0.3) is 11.8 Å². The highest BCUT2D eigenvalue weighted by Gasteiger charge is 2.25. The van der Waals surface area contributed by atoms with Crippen LogP contribution < -0.4 is 22.9 Å². The van der Waals surface area contributed by atoms with Crippen molar-refractivity contribution in [2.24, 2.45) is 22.9 Å². The zero-order valence-electron chi connectivity index (χ0n) is 13.9. The van der Waals surface area contributed by atoms with Crippen LogP contribution in [-0.4, -0.2) is 79.0 Å². The lowest BCUT2D eigenvalue weighted by Gasteiger charge is -2.24. The van der Waals surface area contributed by atoms with Crippen molar-refractivity contribution in [2.45, 2.75) is 0 Å². The summed E-state index contributed by atoms with van der Waals surface area (Å²) >= 11 is 0. The highest BCUT2D eigenvalue weighted by atomic mass is 16.2. The first-order valence-electron chi connectivity index (χ1n) is 7.94. The standard InChI is InChI=1S/C15H27N7O2/c16-3-8-21(9-4-17)14(23)12-2-1-7-20-13(12)15(24)22(10-5-18)11-6-19/h1-2,7H,3-6,8-11,16-19H2. The number of carbonyl (C=O) groups is 2. The SMILES string of the molecule is NCCN(CCN)C(=O)c1cccnc1C(=O)N(CCN)CCN. The molecule has 1 heterocycles. The van der Waals surface area contributed by atoms with E-state index >= 15 is 0 Å². The van der Waals surface area contributed by atoms with Crippen molar-refractivity contribution < 1.29 is 9.59 Å². The van der Waals surface area contributed by atoms with Gasteiger partial charge in [0.2, 0.25) is 0 Å². The number of amides is 2. The van der Waals surface area contributed by atoms with E-state index in [0.29, 0.717) is 52.4 Å². The second kappa shape index (κ2) is 10.7. The van der Waals surface area contributed by atoms with Crippen LogP contribution >= 0.6 is 0 Å². The summed E-state index contributed by atoms with van der Waals surface area (Å²) < 4.78 is 0. The molecule has 1 aromatic rings. The molecule has 0 fully saturated rings. The molecule has 9 nitrogen and oxygen atoms in total. The van der Waals surface area contributed by atoms with Crippen LogP contribution in [-0.2, 0) is 0 Å². The van der Waals surface area contributed by atoms with Crippen molar-refractivity contribution in [1.29, 1.82) is 0 Å². The lowest BCUT2D eigenvalue weighted by molar-refractivity contribution is 0.0721. The molecule has 134 valence electrons. The van der Waals surface area contributed by atoms with Gasteiger partial charge in [0.1, 0.15) is 5.69 Å². The number of carbonyl (C=O) groups excluding carboxylic acids is 2. The lowest BCUT2D eigenvalue weighted by atomic mass is 10.1. The van der Waals surface area contributed by atoms with Crippen LogP contribution in [0.4, 0.5) is 0 Å². The van der Waals surface area contributed by atoms with E-state index < -0.39 is 0 Å². The lowest BCUT2D eigenvalue weighted by Crippen LogP contribution is -2.42. The van der Waals surface area contributed by atoms with Crippen LogP contribution in [0.5, 0.6) is 0 Å². The summed E-state index contributed by atoms with van der Waals surface area (Å²) in [6, 6.07) is 3.19. The first-order valence-corrected chi connectivity index (χ1v) is 7.94. The Bertz CT molecular complexity index is 479. The topological polar surface area (TPSA) is 158 Å². The van der Waals surface area contributed by atoms with Crippen molar-refractivity contribution in [2.75, 3.05) is 52.4 Å². The van der Waals surface area contributed by atoms with Gasteiger partial charge in [-0.1, -0.05) is 0 Å². The minimum atomic E-state index is -0.365. The fraction of sp³-hybridized carbons (Fsp3) is 0.533. The van der Waals surface area contributed by atoms with E-state index in [1.54, 1.807) is 12.1 Å². The molecule has 0 aliphatic heterocycles. The van der Waals surface area contributed by atoms with Gasteiger partial charge in [-0.2, -0.15) is 0 Å².